The lowest BCUT2D eigenvalue weighted by Crippen LogP contribution is -2.10. The SMILES string of the molecule is COCc1cccc(CNc2cccc3c2ccn3CC(=O)OC)c1. The molecule has 5 heteroatoms. The number of nitrogens with zero attached hydrogens (tertiary/aromatic N) is 1. The van der Waals surface area contributed by atoms with Crippen LogP contribution >= 0.6 is 0 Å². The Morgan fingerprint density at radius 3 is 2.68 bits per heavy atom. The number of esters is 1. The first-order valence-electron chi connectivity index (χ1n) is 8.16. The molecule has 0 amide bonds. The van der Waals surface area contributed by atoms with E-state index in [1.165, 1.54) is 12.7 Å². The van der Waals surface area contributed by atoms with E-state index in [9.17, 15) is 4.79 Å². The lowest BCUT2D eigenvalue weighted by molar-refractivity contribution is -0.141. The summed E-state index contributed by atoms with van der Waals surface area (Å²) in [7, 11) is 3.10. The molecule has 5 nitrogen and oxygen atoms in total. The van der Waals surface area contributed by atoms with E-state index in [0.29, 0.717) is 6.61 Å². The predicted octanol–water partition coefficient (Wildman–Crippen LogP) is 3.57. The van der Waals surface area contributed by atoms with Gasteiger partial charge in [0.25, 0.3) is 0 Å². The molecule has 0 atom stereocenters. The summed E-state index contributed by atoms with van der Waals surface area (Å²) < 4.78 is 11.8. The maximum Gasteiger partial charge on any atom is 0.325 e. The minimum atomic E-state index is -0.258. The van der Waals surface area contributed by atoms with Crippen LogP contribution in [0.5, 0.6) is 0 Å². The zero-order valence-electron chi connectivity index (χ0n) is 14.5. The second-order valence-electron chi connectivity index (χ2n) is 5.86. The van der Waals surface area contributed by atoms with Crippen LogP contribution in [-0.4, -0.2) is 24.8 Å². The molecule has 0 bridgehead atoms. The highest BCUT2D eigenvalue weighted by molar-refractivity contribution is 5.93. The highest BCUT2D eigenvalue weighted by atomic mass is 16.5. The van der Waals surface area contributed by atoms with E-state index in [1.807, 2.05) is 41.1 Å². The highest BCUT2D eigenvalue weighted by Gasteiger charge is 2.08. The van der Waals surface area contributed by atoms with E-state index in [4.69, 9.17) is 9.47 Å². The standard InChI is InChI=1S/C20H22N2O3/c1-24-14-16-6-3-5-15(11-16)12-21-18-7-4-8-19-17(18)9-10-22(19)13-20(23)25-2/h3-11,21H,12-14H2,1-2H3. The summed E-state index contributed by atoms with van der Waals surface area (Å²) in [6.45, 7) is 1.54. The van der Waals surface area contributed by atoms with Gasteiger partial charge in [-0.2, -0.15) is 0 Å². The number of nitrogens with one attached hydrogen (secondary N) is 1. The Morgan fingerprint density at radius 1 is 1.08 bits per heavy atom. The fourth-order valence-electron chi connectivity index (χ4n) is 2.91. The Labute approximate surface area is 147 Å². The number of rotatable bonds is 7. The number of hydrogen-bond acceptors (Lipinski definition) is 4. The number of carbonyl (C=O) groups excluding carboxylic acids is 1. The predicted molar refractivity (Wildman–Crippen MR) is 98.4 cm³/mol. The van der Waals surface area contributed by atoms with Gasteiger partial charge in [0, 0.05) is 30.9 Å². The van der Waals surface area contributed by atoms with Crippen LogP contribution in [0.4, 0.5) is 5.69 Å². The van der Waals surface area contributed by atoms with Crippen molar-refractivity contribution >= 4 is 22.6 Å². The average Bonchev–Trinajstić information content (AvgIpc) is 3.04. The normalized spacial score (nSPS) is 10.8. The third-order valence-corrected chi connectivity index (χ3v) is 4.13. The maximum absolute atomic E-state index is 11.5. The number of hydrogen-bond donors (Lipinski definition) is 1. The van der Waals surface area contributed by atoms with Crippen molar-refractivity contribution in [3.8, 4) is 0 Å². The van der Waals surface area contributed by atoms with Crippen molar-refractivity contribution in [2.45, 2.75) is 19.7 Å². The van der Waals surface area contributed by atoms with Crippen LogP contribution in [0, 0.1) is 0 Å². The van der Waals surface area contributed by atoms with Crippen molar-refractivity contribution in [2.75, 3.05) is 19.5 Å². The highest BCUT2D eigenvalue weighted by Crippen LogP contribution is 2.25. The van der Waals surface area contributed by atoms with Crippen LogP contribution in [0.15, 0.2) is 54.7 Å². The van der Waals surface area contributed by atoms with Gasteiger partial charge in [0.1, 0.15) is 6.54 Å². The molecule has 0 unspecified atom stereocenters. The van der Waals surface area contributed by atoms with Gasteiger partial charge in [-0.15, -0.1) is 0 Å². The zero-order chi connectivity index (χ0) is 17.6. The average molecular weight is 338 g/mol. The van der Waals surface area contributed by atoms with E-state index in [2.05, 4.69) is 23.5 Å². The Morgan fingerprint density at radius 2 is 1.88 bits per heavy atom. The summed E-state index contributed by atoms with van der Waals surface area (Å²) in [6, 6.07) is 16.4. The second-order valence-corrected chi connectivity index (χ2v) is 5.86. The minimum absolute atomic E-state index is 0.211. The van der Waals surface area contributed by atoms with Crippen molar-refractivity contribution in [1.29, 1.82) is 0 Å². The summed E-state index contributed by atoms with van der Waals surface area (Å²) in [5.74, 6) is -0.258. The van der Waals surface area contributed by atoms with E-state index in [-0.39, 0.29) is 12.5 Å². The van der Waals surface area contributed by atoms with E-state index >= 15 is 0 Å². The van der Waals surface area contributed by atoms with Crippen molar-refractivity contribution in [3.63, 3.8) is 0 Å². The third-order valence-electron chi connectivity index (χ3n) is 4.13. The molecule has 0 aliphatic rings. The van der Waals surface area contributed by atoms with Gasteiger partial charge in [-0.3, -0.25) is 4.79 Å². The first-order valence-corrected chi connectivity index (χ1v) is 8.16. The molecule has 0 aliphatic carbocycles. The molecular weight excluding hydrogens is 316 g/mol. The minimum Gasteiger partial charge on any atom is -0.468 e. The molecule has 0 saturated carbocycles. The Balaban J connectivity index is 1.78. The smallest absolute Gasteiger partial charge is 0.325 e. The zero-order valence-corrected chi connectivity index (χ0v) is 14.5. The third kappa shape index (κ3) is 4.00. The second kappa shape index (κ2) is 7.85. The van der Waals surface area contributed by atoms with Crippen LogP contribution in [0.3, 0.4) is 0 Å². The summed E-state index contributed by atoms with van der Waals surface area (Å²) in [5.41, 5.74) is 4.39. The lowest BCUT2D eigenvalue weighted by Gasteiger charge is -2.10. The van der Waals surface area contributed by atoms with Gasteiger partial charge in [0.05, 0.1) is 19.2 Å². The Bertz CT molecular complexity index is 870. The molecule has 3 rings (SSSR count). The number of ether oxygens (including phenoxy) is 2. The van der Waals surface area contributed by atoms with E-state index in [1.54, 1.807) is 7.11 Å². The summed E-state index contributed by atoms with van der Waals surface area (Å²) in [5, 5.41) is 4.57. The van der Waals surface area contributed by atoms with Crippen molar-refractivity contribution in [1.82, 2.24) is 4.57 Å². The molecule has 130 valence electrons. The number of fused-ring (bicyclic) bond motifs is 1. The van der Waals surface area contributed by atoms with Gasteiger partial charge >= 0.3 is 5.97 Å². The Kier molecular flexibility index (Phi) is 5.36. The number of aromatic nitrogens is 1. The summed E-state index contributed by atoms with van der Waals surface area (Å²) >= 11 is 0. The molecule has 0 aliphatic heterocycles. The molecule has 0 fully saturated rings. The van der Waals surface area contributed by atoms with Crippen LogP contribution < -0.4 is 5.32 Å². The van der Waals surface area contributed by atoms with Gasteiger partial charge in [-0.05, 0) is 29.3 Å². The lowest BCUT2D eigenvalue weighted by atomic mass is 10.1. The van der Waals surface area contributed by atoms with E-state index < -0.39 is 0 Å². The van der Waals surface area contributed by atoms with E-state index in [0.717, 1.165) is 28.7 Å². The molecule has 0 radical (unpaired) electrons. The number of carbonyl (C=O) groups is 1. The van der Waals surface area contributed by atoms with Gasteiger partial charge in [-0.1, -0.05) is 30.3 Å². The van der Waals surface area contributed by atoms with Gasteiger partial charge in [0.2, 0.25) is 0 Å². The summed E-state index contributed by atoms with van der Waals surface area (Å²) in [4.78, 5) is 11.5. The van der Waals surface area contributed by atoms with Crippen molar-refractivity contribution in [2.24, 2.45) is 0 Å². The van der Waals surface area contributed by atoms with Crippen LogP contribution in [0.2, 0.25) is 0 Å². The molecule has 25 heavy (non-hydrogen) atoms. The van der Waals surface area contributed by atoms with Crippen LogP contribution in [-0.2, 0) is 34.0 Å². The molecule has 0 spiro atoms. The number of anilines is 1. The fourth-order valence-corrected chi connectivity index (χ4v) is 2.91. The Hall–Kier alpha value is -2.79. The number of methoxy groups -OCH3 is 2. The quantitative estimate of drug-likeness (QED) is 0.669. The molecule has 1 heterocycles. The topological polar surface area (TPSA) is 52.5 Å². The largest absolute Gasteiger partial charge is 0.468 e. The summed E-state index contributed by atoms with van der Waals surface area (Å²) in [6.07, 6.45) is 1.91. The molecule has 0 saturated heterocycles. The molecule has 1 N–H and O–H groups in total. The van der Waals surface area contributed by atoms with Crippen molar-refractivity contribution < 1.29 is 14.3 Å². The molecular formula is C20H22N2O3. The van der Waals surface area contributed by atoms with Crippen molar-refractivity contribution in [3.05, 3.63) is 65.9 Å². The molecule has 3 aromatic rings. The van der Waals surface area contributed by atoms with Gasteiger partial charge < -0.3 is 19.4 Å². The van der Waals surface area contributed by atoms with Gasteiger partial charge in [0.15, 0.2) is 0 Å². The van der Waals surface area contributed by atoms with Crippen LogP contribution in [0.1, 0.15) is 11.1 Å². The van der Waals surface area contributed by atoms with Gasteiger partial charge in [-0.25, -0.2) is 0 Å². The maximum atomic E-state index is 11.5. The van der Waals surface area contributed by atoms with Crippen LogP contribution in [0.25, 0.3) is 10.9 Å². The molecule has 1 aromatic heterocycles. The number of benzene rings is 2. The molecule has 2 aromatic carbocycles. The first-order chi connectivity index (χ1) is 12.2. The monoisotopic (exact) mass is 338 g/mol. The fraction of sp³-hybridized carbons (Fsp3) is 0.250. The first kappa shape index (κ1) is 17.0.